The van der Waals surface area contributed by atoms with Gasteiger partial charge >= 0.3 is 0 Å². The molecule has 124 valence electrons. The molecule has 0 aliphatic heterocycles. The summed E-state index contributed by atoms with van der Waals surface area (Å²) in [5, 5.41) is 19.0. The Labute approximate surface area is 137 Å². The maximum Gasteiger partial charge on any atom is 0.213 e. The Morgan fingerprint density at radius 2 is 1.91 bits per heavy atom. The van der Waals surface area contributed by atoms with E-state index in [0.29, 0.717) is 18.9 Å². The topological polar surface area (TPSA) is 62.6 Å². The molecular weight excluding hydrogens is 290 g/mol. The minimum Gasteiger partial charge on any atom is -0.478 e. The van der Waals surface area contributed by atoms with Crippen LogP contribution in [-0.2, 0) is 6.61 Å². The van der Waals surface area contributed by atoms with Gasteiger partial charge in [0.05, 0.1) is 18.8 Å². The second-order valence-corrected chi connectivity index (χ2v) is 6.51. The summed E-state index contributed by atoms with van der Waals surface area (Å²) in [6.45, 7) is 7.95. The maximum atomic E-state index is 9.73. The van der Waals surface area contributed by atoms with Crippen molar-refractivity contribution in [3.05, 3.63) is 47.2 Å². The summed E-state index contributed by atoms with van der Waals surface area (Å²) in [5.74, 6) is 0.575. The standard InChI is InChI=1S/C19H25NO3/c1-13-10-17(23-9-8-19(3,4)22)20-14(2)18(13)16-7-5-6-15(11-16)12-21/h5-7,10-11,21-22H,8-9,12H2,1-4H3. The van der Waals surface area contributed by atoms with Crippen molar-refractivity contribution >= 4 is 0 Å². The van der Waals surface area contributed by atoms with Gasteiger partial charge in [-0.25, -0.2) is 4.98 Å². The van der Waals surface area contributed by atoms with E-state index in [4.69, 9.17) is 4.74 Å². The van der Waals surface area contributed by atoms with Crippen molar-refractivity contribution in [2.24, 2.45) is 0 Å². The summed E-state index contributed by atoms with van der Waals surface area (Å²) < 4.78 is 5.67. The number of hydrogen-bond acceptors (Lipinski definition) is 4. The van der Waals surface area contributed by atoms with E-state index in [1.165, 1.54) is 0 Å². The van der Waals surface area contributed by atoms with Crippen LogP contribution in [0.2, 0.25) is 0 Å². The van der Waals surface area contributed by atoms with Crippen LogP contribution in [-0.4, -0.2) is 27.4 Å². The zero-order valence-corrected chi connectivity index (χ0v) is 14.3. The third-order valence-electron chi connectivity index (χ3n) is 3.74. The molecule has 1 aromatic heterocycles. The lowest BCUT2D eigenvalue weighted by Crippen LogP contribution is -2.22. The van der Waals surface area contributed by atoms with Gasteiger partial charge in [-0.2, -0.15) is 0 Å². The first-order valence-electron chi connectivity index (χ1n) is 7.84. The fraction of sp³-hybridized carbons (Fsp3) is 0.421. The Morgan fingerprint density at radius 3 is 2.52 bits per heavy atom. The molecule has 0 radical (unpaired) electrons. The number of rotatable bonds is 6. The third kappa shape index (κ3) is 4.78. The average Bonchev–Trinajstić information content (AvgIpc) is 2.45. The van der Waals surface area contributed by atoms with Crippen molar-refractivity contribution in [3.8, 4) is 17.0 Å². The Hall–Kier alpha value is -1.91. The number of nitrogens with zero attached hydrogens (tertiary/aromatic N) is 1. The van der Waals surface area contributed by atoms with Crippen molar-refractivity contribution in [3.63, 3.8) is 0 Å². The summed E-state index contributed by atoms with van der Waals surface area (Å²) in [6.07, 6.45) is 0.549. The van der Waals surface area contributed by atoms with Gasteiger partial charge < -0.3 is 14.9 Å². The van der Waals surface area contributed by atoms with E-state index in [-0.39, 0.29) is 6.61 Å². The fourth-order valence-electron chi connectivity index (χ4n) is 2.54. The number of aliphatic hydroxyl groups excluding tert-OH is 1. The van der Waals surface area contributed by atoms with Crippen molar-refractivity contribution in [2.75, 3.05) is 6.61 Å². The van der Waals surface area contributed by atoms with Crippen LogP contribution in [0.25, 0.3) is 11.1 Å². The first-order valence-corrected chi connectivity index (χ1v) is 7.84. The molecule has 0 fully saturated rings. The number of pyridine rings is 1. The molecule has 0 unspecified atom stereocenters. The smallest absolute Gasteiger partial charge is 0.213 e. The van der Waals surface area contributed by atoms with Crippen LogP contribution in [0.15, 0.2) is 30.3 Å². The Bertz CT molecular complexity index is 652. The number of ether oxygens (including phenoxy) is 1. The first-order chi connectivity index (χ1) is 10.8. The lowest BCUT2D eigenvalue weighted by atomic mass is 9.98. The highest BCUT2D eigenvalue weighted by atomic mass is 16.5. The van der Waals surface area contributed by atoms with Crippen molar-refractivity contribution in [2.45, 2.75) is 46.3 Å². The lowest BCUT2D eigenvalue weighted by Gasteiger charge is -2.18. The Morgan fingerprint density at radius 1 is 1.17 bits per heavy atom. The molecule has 0 atom stereocenters. The molecule has 0 aliphatic rings. The third-order valence-corrected chi connectivity index (χ3v) is 3.74. The van der Waals surface area contributed by atoms with Gasteiger partial charge in [0.25, 0.3) is 0 Å². The Balaban J connectivity index is 2.23. The summed E-state index contributed by atoms with van der Waals surface area (Å²) >= 11 is 0. The molecule has 0 bridgehead atoms. The van der Waals surface area contributed by atoms with Crippen LogP contribution < -0.4 is 4.74 Å². The van der Waals surface area contributed by atoms with Crippen LogP contribution >= 0.6 is 0 Å². The Kier molecular flexibility index (Phi) is 5.39. The van der Waals surface area contributed by atoms with Crippen molar-refractivity contribution < 1.29 is 14.9 Å². The van der Waals surface area contributed by atoms with Gasteiger partial charge in [-0.15, -0.1) is 0 Å². The predicted octanol–water partition coefficient (Wildman–Crippen LogP) is 3.40. The summed E-state index contributed by atoms with van der Waals surface area (Å²) in [4.78, 5) is 4.52. The molecule has 4 nitrogen and oxygen atoms in total. The number of benzene rings is 1. The number of aliphatic hydroxyl groups is 2. The molecule has 23 heavy (non-hydrogen) atoms. The van der Waals surface area contributed by atoms with E-state index < -0.39 is 5.60 Å². The molecule has 1 heterocycles. The van der Waals surface area contributed by atoms with Crippen LogP contribution in [0, 0.1) is 13.8 Å². The van der Waals surface area contributed by atoms with Gasteiger partial charge in [-0.05, 0) is 50.5 Å². The van der Waals surface area contributed by atoms with E-state index >= 15 is 0 Å². The zero-order valence-electron chi connectivity index (χ0n) is 14.3. The van der Waals surface area contributed by atoms with Crippen LogP contribution in [0.3, 0.4) is 0 Å². The van der Waals surface area contributed by atoms with Crippen LogP contribution in [0.5, 0.6) is 5.88 Å². The highest BCUT2D eigenvalue weighted by molar-refractivity contribution is 5.70. The SMILES string of the molecule is Cc1cc(OCCC(C)(C)O)nc(C)c1-c1cccc(CO)c1. The second kappa shape index (κ2) is 7.11. The average molecular weight is 315 g/mol. The van der Waals surface area contributed by atoms with Gasteiger partial charge in [-0.3, -0.25) is 0 Å². The molecule has 0 saturated carbocycles. The molecule has 2 aromatic rings. The molecule has 0 aliphatic carbocycles. The van der Waals surface area contributed by atoms with Gasteiger partial charge in [0.1, 0.15) is 0 Å². The van der Waals surface area contributed by atoms with Gasteiger partial charge in [0.2, 0.25) is 5.88 Å². The number of hydrogen-bond donors (Lipinski definition) is 2. The van der Waals surface area contributed by atoms with Crippen LogP contribution in [0.4, 0.5) is 0 Å². The van der Waals surface area contributed by atoms with Gasteiger partial charge in [0, 0.05) is 23.7 Å². The van der Waals surface area contributed by atoms with E-state index in [1.54, 1.807) is 13.8 Å². The minimum atomic E-state index is -0.741. The van der Waals surface area contributed by atoms with Crippen molar-refractivity contribution in [1.82, 2.24) is 4.98 Å². The predicted molar refractivity (Wildman–Crippen MR) is 91.5 cm³/mol. The molecule has 2 rings (SSSR count). The zero-order chi connectivity index (χ0) is 17.0. The van der Waals surface area contributed by atoms with Gasteiger partial charge in [-0.1, -0.05) is 18.2 Å². The number of aryl methyl sites for hydroxylation is 2. The first kappa shape index (κ1) is 17.4. The van der Waals surface area contributed by atoms with E-state index in [2.05, 4.69) is 4.98 Å². The summed E-state index contributed by atoms with van der Waals surface area (Å²) in [5.41, 5.74) is 4.21. The maximum absolute atomic E-state index is 9.73. The highest BCUT2D eigenvalue weighted by Crippen LogP contribution is 2.29. The normalized spacial score (nSPS) is 11.6. The minimum absolute atomic E-state index is 0.0253. The van der Waals surface area contributed by atoms with Crippen LogP contribution in [0.1, 0.15) is 37.1 Å². The number of aromatic nitrogens is 1. The van der Waals surface area contributed by atoms with E-state index in [1.807, 2.05) is 44.2 Å². The quantitative estimate of drug-likeness (QED) is 0.857. The molecule has 2 N–H and O–H groups in total. The molecule has 0 amide bonds. The van der Waals surface area contributed by atoms with E-state index in [9.17, 15) is 10.2 Å². The monoisotopic (exact) mass is 315 g/mol. The fourth-order valence-corrected chi connectivity index (χ4v) is 2.54. The molecule has 0 spiro atoms. The largest absolute Gasteiger partial charge is 0.478 e. The molecule has 4 heteroatoms. The molecule has 0 saturated heterocycles. The highest BCUT2D eigenvalue weighted by Gasteiger charge is 2.14. The second-order valence-electron chi connectivity index (χ2n) is 6.51. The lowest BCUT2D eigenvalue weighted by molar-refractivity contribution is 0.0547. The summed E-state index contributed by atoms with van der Waals surface area (Å²) in [6, 6.07) is 9.75. The van der Waals surface area contributed by atoms with E-state index in [0.717, 1.165) is 27.9 Å². The van der Waals surface area contributed by atoms with Crippen molar-refractivity contribution in [1.29, 1.82) is 0 Å². The molecular formula is C19H25NO3. The van der Waals surface area contributed by atoms with Gasteiger partial charge in [0.15, 0.2) is 0 Å². The molecule has 1 aromatic carbocycles. The summed E-state index contributed by atoms with van der Waals surface area (Å²) in [7, 11) is 0.